The Labute approximate surface area is 104 Å². The lowest BCUT2D eigenvalue weighted by molar-refractivity contribution is 0.366. The molecule has 0 fully saturated rings. The monoisotopic (exact) mass is 296 g/mol. The molecule has 0 atom stereocenters. The smallest absolute Gasteiger partial charge is 0.330 e. The molecule has 1 aromatic carbocycles. The van der Waals surface area contributed by atoms with Gasteiger partial charge in [0.05, 0.1) is 19.4 Å². The van der Waals surface area contributed by atoms with Crippen molar-refractivity contribution >= 4 is 15.2 Å². The van der Waals surface area contributed by atoms with Crippen molar-refractivity contribution in [1.29, 1.82) is 0 Å². The van der Waals surface area contributed by atoms with Crippen LogP contribution in [-0.4, -0.2) is 26.7 Å². The van der Waals surface area contributed by atoms with Gasteiger partial charge in [0, 0.05) is 5.56 Å². The fourth-order valence-electron chi connectivity index (χ4n) is 1.48. The Kier molecular flexibility index (Phi) is 4.72. The third-order valence-corrected chi connectivity index (χ3v) is 3.65. The van der Waals surface area contributed by atoms with Crippen molar-refractivity contribution in [1.82, 2.24) is 0 Å². The van der Waals surface area contributed by atoms with E-state index in [1.807, 2.05) is 0 Å². The Balaban J connectivity index is 3.04. The molecule has 0 unspecified atom stereocenters. The summed E-state index contributed by atoms with van der Waals surface area (Å²) < 4.78 is 26.7. The first-order chi connectivity index (χ1) is 8.11. The van der Waals surface area contributed by atoms with E-state index in [4.69, 9.17) is 24.3 Å². The van der Waals surface area contributed by atoms with Crippen molar-refractivity contribution in [3.63, 3.8) is 0 Å². The molecular weight excluding hydrogens is 282 g/mol. The largest absolute Gasteiger partial charge is 0.496 e. The molecule has 1 aromatic rings. The molecule has 1 rings (SSSR count). The Morgan fingerprint density at radius 2 is 1.61 bits per heavy atom. The van der Waals surface area contributed by atoms with Gasteiger partial charge in [-0.3, -0.25) is 9.13 Å². The molecule has 0 aliphatic rings. The Hall–Kier alpha value is -0.680. The lowest BCUT2D eigenvalue weighted by Gasteiger charge is -2.12. The van der Waals surface area contributed by atoms with Crippen LogP contribution in [0.5, 0.6) is 5.75 Å². The van der Waals surface area contributed by atoms with Gasteiger partial charge in [-0.05, 0) is 11.6 Å². The van der Waals surface area contributed by atoms with E-state index < -0.39 is 27.5 Å². The number of ether oxygens (including phenoxy) is 1. The maximum absolute atomic E-state index is 10.9. The summed E-state index contributed by atoms with van der Waals surface area (Å²) in [5, 5.41) is 0. The van der Waals surface area contributed by atoms with E-state index in [0.717, 1.165) is 0 Å². The third-order valence-electron chi connectivity index (χ3n) is 2.12. The number of hydrogen-bond donors (Lipinski definition) is 4. The summed E-state index contributed by atoms with van der Waals surface area (Å²) in [4.78, 5) is 35.4. The SMILES string of the molecule is COc1cc(CP(=O)(O)O)ccc1CP(=O)(O)O. The Morgan fingerprint density at radius 1 is 1.06 bits per heavy atom. The molecule has 18 heavy (non-hydrogen) atoms. The van der Waals surface area contributed by atoms with Gasteiger partial charge in [0.2, 0.25) is 0 Å². The second kappa shape index (κ2) is 5.53. The van der Waals surface area contributed by atoms with E-state index in [9.17, 15) is 9.13 Å². The normalized spacial score (nSPS) is 12.5. The van der Waals surface area contributed by atoms with Crippen molar-refractivity contribution < 1.29 is 33.4 Å². The van der Waals surface area contributed by atoms with Gasteiger partial charge in [0.1, 0.15) is 5.75 Å². The molecular formula is C9H14O7P2. The van der Waals surface area contributed by atoms with Crippen molar-refractivity contribution in [2.45, 2.75) is 12.3 Å². The molecule has 0 saturated carbocycles. The van der Waals surface area contributed by atoms with Crippen LogP contribution in [0.3, 0.4) is 0 Å². The molecule has 0 radical (unpaired) electrons. The second-order valence-corrected chi connectivity index (χ2v) is 7.08. The molecule has 0 bridgehead atoms. The quantitative estimate of drug-likeness (QED) is 0.598. The number of hydrogen-bond acceptors (Lipinski definition) is 3. The second-order valence-electron chi connectivity index (χ2n) is 3.79. The van der Waals surface area contributed by atoms with Gasteiger partial charge in [-0.2, -0.15) is 0 Å². The predicted molar refractivity (Wildman–Crippen MR) is 64.5 cm³/mol. The van der Waals surface area contributed by atoms with Gasteiger partial charge in [0.15, 0.2) is 0 Å². The van der Waals surface area contributed by atoms with Crippen LogP contribution in [0, 0.1) is 0 Å². The lowest BCUT2D eigenvalue weighted by atomic mass is 10.1. The predicted octanol–water partition coefficient (Wildman–Crippen LogP) is 1.05. The average Bonchev–Trinajstić information content (AvgIpc) is 2.16. The van der Waals surface area contributed by atoms with Gasteiger partial charge in [0.25, 0.3) is 0 Å². The highest BCUT2D eigenvalue weighted by atomic mass is 31.2. The molecule has 4 N–H and O–H groups in total. The van der Waals surface area contributed by atoms with Crippen LogP contribution in [0.4, 0.5) is 0 Å². The summed E-state index contributed by atoms with van der Waals surface area (Å²) in [6, 6.07) is 4.17. The van der Waals surface area contributed by atoms with E-state index in [2.05, 4.69) is 0 Å². The first-order valence-electron chi connectivity index (χ1n) is 4.86. The van der Waals surface area contributed by atoms with Crippen LogP contribution in [0.2, 0.25) is 0 Å². The van der Waals surface area contributed by atoms with Crippen LogP contribution in [0.15, 0.2) is 18.2 Å². The van der Waals surface area contributed by atoms with Crippen LogP contribution in [-0.2, 0) is 21.5 Å². The van der Waals surface area contributed by atoms with Crippen molar-refractivity contribution in [2.75, 3.05) is 7.11 Å². The summed E-state index contributed by atoms with van der Waals surface area (Å²) in [6.45, 7) is 0. The Bertz CT molecular complexity index is 516. The third kappa shape index (κ3) is 5.31. The van der Waals surface area contributed by atoms with E-state index in [1.54, 1.807) is 0 Å². The van der Waals surface area contributed by atoms with Gasteiger partial charge >= 0.3 is 15.2 Å². The van der Waals surface area contributed by atoms with E-state index in [-0.39, 0.29) is 5.75 Å². The molecule has 102 valence electrons. The van der Waals surface area contributed by atoms with Crippen LogP contribution in [0.25, 0.3) is 0 Å². The average molecular weight is 296 g/mol. The highest BCUT2D eigenvalue weighted by Gasteiger charge is 2.19. The number of rotatable bonds is 5. The van der Waals surface area contributed by atoms with Gasteiger partial charge in [-0.25, -0.2) is 0 Å². The summed E-state index contributed by atoms with van der Waals surface area (Å²) in [5.74, 6) is 0.198. The zero-order chi connectivity index (χ0) is 14.0. The minimum Gasteiger partial charge on any atom is -0.496 e. The number of benzene rings is 1. The fourth-order valence-corrected chi connectivity index (χ4v) is 2.86. The molecule has 0 amide bonds. The molecule has 0 aliphatic carbocycles. The standard InChI is InChI=1S/C9H14O7P2/c1-16-9-4-7(5-17(10,11)12)2-3-8(9)6-18(13,14)15/h2-4H,5-6H2,1H3,(H2,10,11,12)(H2,13,14,15). The molecule has 0 aromatic heterocycles. The molecule has 0 heterocycles. The lowest BCUT2D eigenvalue weighted by Crippen LogP contribution is -1.96. The van der Waals surface area contributed by atoms with Gasteiger partial charge < -0.3 is 24.3 Å². The van der Waals surface area contributed by atoms with Gasteiger partial charge in [-0.1, -0.05) is 12.1 Å². The molecule has 0 saturated heterocycles. The summed E-state index contributed by atoms with van der Waals surface area (Å²) in [5.41, 5.74) is 0.634. The molecule has 7 nitrogen and oxygen atoms in total. The van der Waals surface area contributed by atoms with E-state index >= 15 is 0 Å². The topological polar surface area (TPSA) is 124 Å². The van der Waals surface area contributed by atoms with Crippen molar-refractivity contribution in [3.05, 3.63) is 29.3 Å². The zero-order valence-corrected chi connectivity index (χ0v) is 11.3. The van der Waals surface area contributed by atoms with E-state index in [1.165, 1.54) is 25.3 Å². The first-order valence-corrected chi connectivity index (χ1v) is 8.45. The molecule has 0 aliphatic heterocycles. The zero-order valence-electron chi connectivity index (χ0n) is 9.55. The maximum Gasteiger partial charge on any atom is 0.330 e. The maximum atomic E-state index is 10.9. The highest BCUT2D eigenvalue weighted by molar-refractivity contribution is 7.51. The first kappa shape index (κ1) is 15.4. The van der Waals surface area contributed by atoms with Crippen LogP contribution in [0.1, 0.15) is 11.1 Å². The van der Waals surface area contributed by atoms with Crippen LogP contribution < -0.4 is 4.74 Å². The van der Waals surface area contributed by atoms with Crippen molar-refractivity contribution in [2.24, 2.45) is 0 Å². The minimum absolute atomic E-state index is 0.198. The van der Waals surface area contributed by atoms with E-state index in [0.29, 0.717) is 11.1 Å². The fraction of sp³-hybridized carbons (Fsp3) is 0.333. The summed E-state index contributed by atoms with van der Waals surface area (Å²) >= 11 is 0. The van der Waals surface area contributed by atoms with Crippen LogP contribution >= 0.6 is 15.2 Å². The molecule has 9 heteroatoms. The number of methoxy groups -OCH3 is 1. The summed E-state index contributed by atoms with van der Waals surface area (Å²) in [6.07, 6.45) is -0.925. The minimum atomic E-state index is -4.22. The van der Waals surface area contributed by atoms with Gasteiger partial charge in [-0.15, -0.1) is 0 Å². The van der Waals surface area contributed by atoms with Crippen molar-refractivity contribution in [3.8, 4) is 5.75 Å². The highest BCUT2D eigenvalue weighted by Crippen LogP contribution is 2.43. The summed E-state index contributed by atoms with van der Waals surface area (Å²) in [7, 11) is -7.08. The Morgan fingerprint density at radius 3 is 2.06 bits per heavy atom. The molecule has 0 spiro atoms.